The van der Waals surface area contributed by atoms with E-state index < -0.39 is 14.8 Å². The van der Waals surface area contributed by atoms with E-state index in [1.54, 1.807) is 11.9 Å². The SMILES string of the molecule is C[C@@H]1CN(CCN(C)c2sc(S(C)(=O)=O)cc2[N+](=O)[O-])C[C@H](C)O1. The zero-order valence-electron chi connectivity index (χ0n) is 14.3. The Morgan fingerprint density at radius 2 is 2.00 bits per heavy atom. The van der Waals surface area contributed by atoms with E-state index in [0.717, 1.165) is 43.3 Å². The van der Waals surface area contributed by atoms with Gasteiger partial charge in [0.25, 0.3) is 0 Å². The third kappa shape index (κ3) is 4.65. The number of hydrogen-bond donors (Lipinski definition) is 0. The lowest BCUT2D eigenvalue weighted by Gasteiger charge is -2.36. The molecule has 1 aromatic rings. The Bertz CT molecular complexity index is 693. The van der Waals surface area contributed by atoms with E-state index in [1.807, 2.05) is 13.8 Å². The second-order valence-corrected chi connectivity index (χ2v) is 9.50. The molecule has 24 heavy (non-hydrogen) atoms. The van der Waals surface area contributed by atoms with Crippen LogP contribution in [0.15, 0.2) is 10.3 Å². The van der Waals surface area contributed by atoms with Gasteiger partial charge in [0.15, 0.2) is 14.8 Å². The second kappa shape index (κ2) is 7.34. The molecule has 0 bridgehead atoms. The minimum atomic E-state index is -3.46. The summed E-state index contributed by atoms with van der Waals surface area (Å²) in [7, 11) is -1.71. The second-order valence-electron chi connectivity index (χ2n) is 6.22. The molecule has 1 aliphatic rings. The average Bonchev–Trinajstić information content (AvgIpc) is 2.89. The summed E-state index contributed by atoms with van der Waals surface area (Å²) < 4.78 is 29.0. The van der Waals surface area contributed by atoms with Gasteiger partial charge in [-0.05, 0) is 13.8 Å². The first-order valence-corrected chi connectivity index (χ1v) is 10.4. The van der Waals surface area contributed by atoms with Crippen LogP contribution in [0.5, 0.6) is 0 Å². The fraction of sp³-hybridized carbons (Fsp3) is 0.714. The Balaban J connectivity index is 2.10. The van der Waals surface area contributed by atoms with Crippen molar-refractivity contribution in [1.82, 2.24) is 4.90 Å². The van der Waals surface area contributed by atoms with Gasteiger partial charge in [0.2, 0.25) is 0 Å². The van der Waals surface area contributed by atoms with Crippen molar-refractivity contribution >= 4 is 31.9 Å². The maximum atomic E-state index is 11.7. The quantitative estimate of drug-likeness (QED) is 0.549. The smallest absolute Gasteiger partial charge is 0.304 e. The third-order valence-electron chi connectivity index (χ3n) is 3.83. The van der Waals surface area contributed by atoms with Gasteiger partial charge in [-0.2, -0.15) is 0 Å². The molecular formula is C14H23N3O5S2. The van der Waals surface area contributed by atoms with Crippen molar-refractivity contribution in [3.8, 4) is 0 Å². The largest absolute Gasteiger partial charge is 0.373 e. The third-order valence-corrected chi connectivity index (χ3v) is 6.87. The summed E-state index contributed by atoms with van der Waals surface area (Å²) in [5, 5.41) is 11.6. The molecular weight excluding hydrogens is 354 g/mol. The van der Waals surface area contributed by atoms with Crippen molar-refractivity contribution < 1.29 is 18.1 Å². The molecule has 0 radical (unpaired) electrons. The number of nitrogens with zero attached hydrogens (tertiary/aromatic N) is 3. The van der Waals surface area contributed by atoms with Crippen LogP contribution in [-0.2, 0) is 14.6 Å². The number of hydrogen-bond acceptors (Lipinski definition) is 8. The van der Waals surface area contributed by atoms with Crippen molar-refractivity contribution in [3.05, 3.63) is 16.2 Å². The van der Waals surface area contributed by atoms with Crippen molar-refractivity contribution in [2.45, 2.75) is 30.3 Å². The number of rotatable bonds is 6. The van der Waals surface area contributed by atoms with Crippen molar-refractivity contribution in [3.63, 3.8) is 0 Å². The van der Waals surface area contributed by atoms with Crippen LogP contribution in [0.2, 0.25) is 0 Å². The van der Waals surface area contributed by atoms with Crippen LogP contribution in [0.1, 0.15) is 13.8 Å². The van der Waals surface area contributed by atoms with Crippen LogP contribution in [0, 0.1) is 10.1 Å². The zero-order valence-corrected chi connectivity index (χ0v) is 15.9. The summed E-state index contributed by atoms with van der Waals surface area (Å²) in [6, 6.07) is 1.14. The minimum Gasteiger partial charge on any atom is -0.373 e. The maximum Gasteiger partial charge on any atom is 0.304 e. The molecule has 0 N–H and O–H groups in total. The Morgan fingerprint density at radius 3 is 2.50 bits per heavy atom. The molecule has 0 aromatic carbocycles. The molecule has 10 heteroatoms. The highest BCUT2D eigenvalue weighted by molar-refractivity contribution is 7.92. The number of sulfone groups is 1. The summed E-state index contributed by atoms with van der Waals surface area (Å²) in [6.45, 7) is 6.99. The molecule has 0 unspecified atom stereocenters. The summed E-state index contributed by atoms with van der Waals surface area (Å²) in [5.74, 6) is 0. The molecule has 1 saturated heterocycles. The molecule has 0 aliphatic carbocycles. The van der Waals surface area contributed by atoms with Gasteiger partial charge in [-0.3, -0.25) is 15.0 Å². The predicted octanol–water partition coefficient (Wildman–Crippen LogP) is 1.61. The predicted molar refractivity (Wildman–Crippen MR) is 93.8 cm³/mol. The number of thiophene rings is 1. The Hall–Kier alpha value is -1.23. The van der Waals surface area contributed by atoms with E-state index >= 15 is 0 Å². The summed E-state index contributed by atoms with van der Waals surface area (Å²) in [6.07, 6.45) is 1.38. The van der Waals surface area contributed by atoms with Gasteiger partial charge < -0.3 is 9.64 Å². The monoisotopic (exact) mass is 377 g/mol. The molecule has 136 valence electrons. The van der Waals surface area contributed by atoms with Gasteiger partial charge in [0, 0.05) is 45.5 Å². The minimum absolute atomic E-state index is 0.0182. The number of morpholine rings is 1. The van der Waals surface area contributed by atoms with Gasteiger partial charge in [-0.1, -0.05) is 11.3 Å². The molecule has 8 nitrogen and oxygen atoms in total. The van der Waals surface area contributed by atoms with Gasteiger partial charge in [0.1, 0.15) is 4.21 Å². The van der Waals surface area contributed by atoms with Gasteiger partial charge >= 0.3 is 5.69 Å². The van der Waals surface area contributed by atoms with Crippen molar-refractivity contribution in [2.75, 3.05) is 44.4 Å². The highest BCUT2D eigenvalue weighted by Crippen LogP contribution is 2.39. The normalized spacial score (nSPS) is 22.5. The molecule has 1 aliphatic heterocycles. The van der Waals surface area contributed by atoms with E-state index in [4.69, 9.17) is 4.74 Å². The topological polar surface area (TPSA) is 93.0 Å². The summed E-state index contributed by atoms with van der Waals surface area (Å²) in [5.41, 5.74) is -0.161. The fourth-order valence-electron chi connectivity index (χ4n) is 2.80. The van der Waals surface area contributed by atoms with Crippen LogP contribution < -0.4 is 4.90 Å². The Labute approximate surface area is 146 Å². The van der Waals surface area contributed by atoms with E-state index in [-0.39, 0.29) is 22.1 Å². The summed E-state index contributed by atoms with van der Waals surface area (Å²) >= 11 is 0.944. The highest BCUT2D eigenvalue weighted by atomic mass is 32.2. The van der Waals surface area contributed by atoms with E-state index in [1.165, 1.54) is 0 Å². The summed E-state index contributed by atoms with van der Waals surface area (Å²) in [4.78, 5) is 14.7. The fourth-order valence-corrected chi connectivity index (χ4v) is 4.81. The molecule has 2 rings (SSSR count). The first kappa shape index (κ1) is 19.1. The Morgan fingerprint density at radius 1 is 1.42 bits per heavy atom. The number of likely N-dealkylation sites (N-methyl/N-ethyl adjacent to an activating group) is 1. The van der Waals surface area contributed by atoms with E-state index in [0.29, 0.717) is 11.5 Å². The van der Waals surface area contributed by atoms with E-state index in [9.17, 15) is 18.5 Å². The van der Waals surface area contributed by atoms with Crippen LogP contribution >= 0.6 is 11.3 Å². The molecule has 1 aromatic heterocycles. The lowest BCUT2D eigenvalue weighted by Crippen LogP contribution is -2.47. The molecule has 0 spiro atoms. The maximum absolute atomic E-state index is 11.7. The van der Waals surface area contributed by atoms with Crippen molar-refractivity contribution in [1.29, 1.82) is 0 Å². The standard InChI is InChI=1S/C14H23N3O5S2/c1-10-8-16(9-11(2)22-10)6-5-15(3)14-12(17(18)19)7-13(23-14)24(4,20)21/h7,10-11H,5-6,8-9H2,1-4H3/t10-,11+. The van der Waals surface area contributed by atoms with Gasteiger partial charge in [0.05, 0.1) is 17.1 Å². The van der Waals surface area contributed by atoms with Crippen LogP contribution in [0.3, 0.4) is 0 Å². The van der Waals surface area contributed by atoms with Gasteiger partial charge in [-0.15, -0.1) is 0 Å². The number of nitro groups is 1. The lowest BCUT2D eigenvalue weighted by molar-refractivity contribution is -0.383. The Kier molecular flexibility index (Phi) is 5.84. The van der Waals surface area contributed by atoms with Crippen LogP contribution in [-0.4, -0.2) is 69.9 Å². The molecule has 0 amide bonds. The van der Waals surface area contributed by atoms with E-state index in [2.05, 4.69) is 4.90 Å². The zero-order chi connectivity index (χ0) is 18.1. The first-order valence-electron chi connectivity index (χ1n) is 7.65. The molecule has 2 heterocycles. The molecule has 0 saturated carbocycles. The highest BCUT2D eigenvalue weighted by Gasteiger charge is 2.27. The first-order chi connectivity index (χ1) is 11.1. The average molecular weight is 377 g/mol. The van der Waals surface area contributed by atoms with Crippen LogP contribution in [0.25, 0.3) is 0 Å². The number of anilines is 1. The lowest BCUT2D eigenvalue weighted by atomic mass is 10.2. The molecule has 1 fully saturated rings. The van der Waals surface area contributed by atoms with Crippen LogP contribution in [0.4, 0.5) is 10.7 Å². The number of ether oxygens (including phenoxy) is 1. The van der Waals surface area contributed by atoms with Crippen molar-refractivity contribution in [2.24, 2.45) is 0 Å². The van der Waals surface area contributed by atoms with Gasteiger partial charge in [-0.25, -0.2) is 8.42 Å². The molecule has 2 atom stereocenters.